The van der Waals surface area contributed by atoms with E-state index in [0.29, 0.717) is 4.77 Å². The van der Waals surface area contributed by atoms with E-state index in [9.17, 15) is 4.79 Å². The Balaban J connectivity index is 2.72. The predicted molar refractivity (Wildman–Crippen MR) is 80.7 cm³/mol. The van der Waals surface area contributed by atoms with Crippen molar-refractivity contribution in [1.82, 2.24) is 9.55 Å². The summed E-state index contributed by atoms with van der Waals surface area (Å²) in [5.74, 6) is -0.205. The number of ether oxygens (including phenoxy) is 1. The van der Waals surface area contributed by atoms with Crippen LogP contribution in [0.2, 0.25) is 0 Å². The number of hydrogen-bond acceptors (Lipinski definition) is 3. The molecule has 0 fully saturated rings. The molecule has 1 atom stereocenters. The molecule has 0 bridgehead atoms. The van der Waals surface area contributed by atoms with Crippen LogP contribution in [0.4, 0.5) is 0 Å². The maximum absolute atomic E-state index is 12.0. The van der Waals surface area contributed by atoms with Crippen molar-refractivity contribution in [2.24, 2.45) is 5.92 Å². The zero-order valence-corrected chi connectivity index (χ0v) is 13.3. The minimum Gasteiger partial charge on any atom is -0.467 e. The number of H-pyrrole nitrogens is 1. The number of rotatable bonds is 3. The Bertz CT molecular complexity index is 675. The van der Waals surface area contributed by atoms with E-state index in [1.807, 2.05) is 36.6 Å². The van der Waals surface area contributed by atoms with E-state index >= 15 is 0 Å². The number of imidazole rings is 1. The number of carbonyl (C=O) groups excluding carboxylic acids is 1. The van der Waals surface area contributed by atoms with Crippen LogP contribution in [0.15, 0.2) is 22.7 Å². The molecule has 0 radical (unpaired) electrons. The molecule has 0 spiro atoms. The average molecular weight is 343 g/mol. The molecule has 1 N–H and O–H groups in total. The zero-order chi connectivity index (χ0) is 14.2. The first kappa shape index (κ1) is 14.3. The van der Waals surface area contributed by atoms with Gasteiger partial charge in [-0.15, -0.1) is 0 Å². The van der Waals surface area contributed by atoms with Crippen molar-refractivity contribution in [3.8, 4) is 0 Å². The third-order valence-electron chi connectivity index (χ3n) is 3.03. The fraction of sp³-hybridized carbons (Fsp3) is 0.385. The number of carbonyl (C=O) groups is 1. The van der Waals surface area contributed by atoms with Crippen LogP contribution in [0.25, 0.3) is 11.0 Å². The maximum atomic E-state index is 12.0. The number of fused-ring (bicyclic) bond motifs is 1. The predicted octanol–water partition coefficient (Wildman–Crippen LogP) is 3.83. The summed E-state index contributed by atoms with van der Waals surface area (Å²) in [6.45, 7) is 3.94. The van der Waals surface area contributed by atoms with E-state index in [1.54, 1.807) is 0 Å². The number of aromatic nitrogens is 2. The summed E-state index contributed by atoms with van der Waals surface area (Å²) in [5.41, 5.74) is 1.80. The fourth-order valence-corrected chi connectivity index (χ4v) is 2.84. The van der Waals surface area contributed by atoms with Crippen molar-refractivity contribution < 1.29 is 9.53 Å². The Hall–Kier alpha value is -1.14. The van der Waals surface area contributed by atoms with Gasteiger partial charge < -0.3 is 14.3 Å². The molecule has 0 aliphatic carbocycles. The lowest BCUT2D eigenvalue weighted by atomic mass is 10.0. The van der Waals surface area contributed by atoms with Crippen molar-refractivity contribution in [2.75, 3.05) is 7.11 Å². The lowest BCUT2D eigenvalue weighted by Crippen LogP contribution is -2.25. The number of nitrogens with zero attached hydrogens (tertiary/aromatic N) is 1. The Morgan fingerprint density at radius 1 is 1.47 bits per heavy atom. The third kappa shape index (κ3) is 2.60. The van der Waals surface area contributed by atoms with E-state index in [0.717, 1.165) is 15.5 Å². The molecule has 1 unspecified atom stereocenters. The van der Waals surface area contributed by atoms with Crippen LogP contribution in [0.5, 0.6) is 0 Å². The molecular weight excluding hydrogens is 328 g/mol. The first-order valence-corrected chi connectivity index (χ1v) is 7.13. The van der Waals surface area contributed by atoms with Crippen LogP contribution < -0.4 is 0 Å². The Morgan fingerprint density at radius 3 is 2.74 bits per heavy atom. The molecule has 4 nitrogen and oxygen atoms in total. The Kier molecular flexibility index (Phi) is 4.10. The molecule has 102 valence electrons. The molecule has 0 aliphatic heterocycles. The molecule has 0 aliphatic rings. The van der Waals surface area contributed by atoms with Gasteiger partial charge in [0.05, 0.1) is 18.1 Å². The summed E-state index contributed by atoms with van der Waals surface area (Å²) in [6, 6.07) is 5.38. The van der Waals surface area contributed by atoms with Crippen LogP contribution >= 0.6 is 28.1 Å². The summed E-state index contributed by atoms with van der Waals surface area (Å²) in [4.78, 5) is 15.1. The maximum Gasteiger partial charge on any atom is 0.329 e. The number of methoxy groups -OCH3 is 1. The van der Waals surface area contributed by atoms with E-state index < -0.39 is 6.04 Å². The third-order valence-corrected chi connectivity index (χ3v) is 3.82. The second kappa shape index (κ2) is 5.46. The SMILES string of the molecule is COC(=O)C(C(C)C)n1c(=S)[nH]c2ccc(Br)cc21. The molecular formula is C13H15BrN2O2S. The molecule has 0 amide bonds. The van der Waals surface area contributed by atoms with Crippen LogP contribution in [-0.4, -0.2) is 22.6 Å². The summed E-state index contributed by atoms with van der Waals surface area (Å²) >= 11 is 8.78. The number of esters is 1. The van der Waals surface area contributed by atoms with Crippen LogP contribution in [0, 0.1) is 10.7 Å². The normalized spacial score (nSPS) is 12.9. The molecule has 1 aromatic heterocycles. The molecule has 1 aromatic carbocycles. The first-order valence-electron chi connectivity index (χ1n) is 5.93. The quantitative estimate of drug-likeness (QED) is 0.681. The zero-order valence-electron chi connectivity index (χ0n) is 10.9. The summed E-state index contributed by atoms with van der Waals surface area (Å²) in [5, 5.41) is 0. The van der Waals surface area contributed by atoms with E-state index in [1.165, 1.54) is 7.11 Å². The van der Waals surface area contributed by atoms with Gasteiger partial charge >= 0.3 is 5.97 Å². The van der Waals surface area contributed by atoms with Crippen LogP contribution in [0.3, 0.4) is 0 Å². The summed E-state index contributed by atoms with van der Waals surface area (Å²) < 4.78 is 8.19. The molecule has 19 heavy (non-hydrogen) atoms. The topological polar surface area (TPSA) is 47.0 Å². The van der Waals surface area contributed by atoms with Gasteiger partial charge in [-0.05, 0) is 36.3 Å². The van der Waals surface area contributed by atoms with Crippen molar-refractivity contribution in [2.45, 2.75) is 19.9 Å². The van der Waals surface area contributed by atoms with E-state index in [-0.39, 0.29) is 11.9 Å². The lowest BCUT2D eigenvalue weighted by Gasteiger charge is -2.20. The number of halogens is 1. The fourth-order valence-electron chi connectivity index (χ4n) is 2.17. The molecule has 6 heteroatoms. The van der Waals surface area contributed by atoms with Gasteiger partial charge in [-0.3, -0.25) is 0 Å². The molecule has 1 heterocycles. The standard InChI is InChI=1S/C13H15BrN2O2S/c1-7(2)11(12(17)18-3)16-10-6-8(14)4-5-9(10)15-13(16)19/h4-7,11H,1-3H3,(H,15,19). The van der Waals surface area contributed by atoms with Crippen molar-refractivity contribution >= 4 is 45.2 Å². The van der Waals surface area contributed by atoms with Gasteiger partial charge in [-0.1, -0.05) is 29.8 Å². The number of hydrogen-bond donors (Lipinski definition) is 1. The highest BCUT2D eigenvalue weighted by atomic mass is 79.9. The minimum absolute atomic E-state index is 0.0807. The second-order valence-electron chi connectivity index (χ2n) is 4.67. The highest BCUT2D eigenvalue weighted by Gasteiger charge is 2.27. The second-order valence-corrected chi connectivity index (χ2v) is 5.98. The summed E-state index contributed by atoms with van der Waals surface area (Å²) in [7, 11) is 1.39. The lowest BCUT2D eigenvalue weighted by molar-refractivity contribution is -0.145. The molecule has 2 rings (SSSR count). The van der Waals surface area contributed by atoms with Gasteiger partial charge in [-0.25, -0.2) is 4.79 Å². The van der Waals surface area contributed by atoms with E-state index in [2.05, 4.69) is 20.9 Å². The average Bonchev–Trinajstić information content (AvgIpc) is 2.66. The molecule has 2 aromatic rings. The largest absolute Gasteiger partial charge is 0.467 e. The summed E-state index contributed by atoms with van der Waals surface area (Å²) in [6.07, 6.45) is 0. The van der Waals surface area contributed by atoms with Gasteiger partial charge in [0, 0.05) is 4.47 Å². The smallest absolute Gasteiger partial charge is 0.329 e. The van der Waals surface area contributed by atoms with Crippen molar-refractivity contribution in [1.29, 1.82) is 0 Å². The van der Waals surface area contributed by atoms with Gasteiger partial charge in [0.2, 0.25) is 0 Å². The Labute approximate surface area is 124 Å². The van der Waals surface area contributed by atoms with Crippen LogP contribution in [-0.2, 0) is 9.53 Å². The van der Waals surface area contributed by atoms with Crippen molar-refractivity contribution in [3.63, 3.8) is 0 Å². The minimum atomic E-state index is -0.430. The van der Waals surface area contributed by atoms with Crippen molar-refractivity contribution in [3.05, 3.63) is 27.4 Å². The van der Waals surface area contributed by atoms with Gasteiger partial charge in [-0.2, -0.15) is 0 Å². The van der Waals surface area contributed by atoms with E-state index in [4.69, 9.17) is 17.0 Å². The molecule has 0 saturated heterocycles. The highest BCUT2D eigenvalue weighted by Crippen LogP contribution is 2.27. The number of nitrogens with one attached hydrogen (secondary N) is 1. The van der Waals surface area contributed by atoms with Gasteiger partial charge in [0.1, 0.15) is 6.04 Å². The van der Waals surface area contributed by atoms with Gasteiger partial charge in [0.25, 0.3) is 0 Å². The highest BCUT2D eigenvalue weighted by molar-refractivity contribution is 9.10. The molecule has 0 saturated carbocycles. The van der Waals surface area contributed by atoms with Gasteiger partial charge in [0.15, 0.2) is 4.77 Å². The van der Waals surface area contributed by atoms with Crippen LogP contribution in [0.1, 0.15) is 19.9 Å². The Morgan fingerprint density at radius 2 is 2.16 bits per heavy atom. The number of benzene rings is 1. The number of aromatic amines is 1. The monoisotopic (exact) mass is 342 g/mol. The first-order chi connectivity index (χ1) is 8.95.